The Bertz CT molecular complexity index is 764. The van der Waals surface area contributed by atoms with Crippen molar-refractivity contribution in [3.63, 3.8) is 0 Å². The third kappa shape index (κ3) is 3.41. The fourth-order valence-corrected chi connectivity index (χ4v) is 3.35. The predicted molar refractivity (Wildman–Crippen MR) is 87.6 cm³/mol. The normalized spacial score (nSPS) is 17.1. The van der Waals surface area contributed by atoms with Gasteiger partial charge in [0.25, 0.3) is 0 Å². The van der Waals surface area contributed by atoms with Crippen molar-refractivity contribution >= 4 is 28.2 Å². The molecule has 2 aromatic rings. The molecule has 2 heterocycles. The van der Waals surface area contributed by atoms with Crippen molar-refractivity contribution in [3.8, 4) is 6.07 Å². The molecule has 0 unspecified atom stereocenters. The van der Waals surface area contributed by atoms with Crippen molar-refractivity contribution in [1.82, 2.24) is 4.90 Å². The van der Waals surface area contributed by atoms with Gasteiger partial charge in [-0.3, -0.25) is 9.59 Å². The number of nitrogens with zero attached hydrogens (tertiary/aromatic N) is 2. The number of hydrogen-bond donors (Lipinski definition) is 1. The first-order valence-corrected chi connectivity index (χ1v) is 8.15. The highest BCUT2D eigenvalue weighted by Gasteiger charge is 2.34. The number of anilines is 1. The quantitative estimate of drug-likeness (QED) is 0.939. The Hall–Kier alpha value is -2.65. The van der Waals surface area contributed by atoms with Gasteiger partial charge in [0.2, 0.25) is 11.8 Å². The average Bonchev–Trinajstić information content (AvgIpc) is 3.15. The molecule has 3 rings (SSSR count). The van der Waals surface area contributed by atoms with E-state index in [9.17, 15) is 9.59 Å². The van der Waals surface area contributed by atoms with Gasteiger partial charge in [-0.15, -0.1) is 11.3 Å². The number of carbonyl (C=O) groups excluding carboxylic acids is 2. The molecule has 0 radical (unpaired) electrons. The van der Waals surface area contributed by atoms with Gasteiger partial charge >= 0.3 is 0 Å². The molecule has 116 valence electrons. The second-order valence-corrected chi connectivity index (χ2v) is 6.34. The van der Waals surface area contributed by atoms with Crippen molar-refractivity contribution in [1.29, 1.82) is 5.26 Å². The number of hydrogen-bond acceptors (Lipinski definition) is 4. The molecule has 1 saturated heterocycles. The third-order valence-electron chi connectivity index (χ3n) is 3.82. The van der Waals surface area contributed by atoms with Gasteiger partial charge in [-0.2, -0.15) is 5.26 Å². The van der Waals surface area contributed by atoms with Crippen LogP contribution in [-0.2, 0) is 16.1 Å². The van der Waals surface area contributed by atoms with E-state index in [1.165, 1.54) is 11.3 Å². The minimum Gasteiger partial charge on any atom is -0.338 e. The lowest BCUT2D eigenvalue weighted by molar-refractivity contribution is -0.128. The molecule has 0 saturated carbocycles. The lowest BCUT2D eigenvalue weighted by Gasteiger charge is -2.16. The first-order chi connectivity index (χ1) is 11.2. The Balaban J connectivity index is 1.63. The summed E-state index contributed by atoms with van der Waals surface area (Å²) in [6.45, 7) is 0.929. The van der Waals surface area contributed by atoms with E-state index in [0.717, 1.165) is 5.56 Å². The van der Waals surface area contributed by atoms with E-state index in [-0.39, 0.29) is 24.2 Å². The number of benzene rings is 1. The lowest BCUT2D eigenvalue weighted by atomic mass is 10.1. The number of carbonyl (C=O) groups is 2. The van der Waals surface area contributed by atoms with Crippen LogP contribution in [0.15, 0.2) is 41.8 Å². The highest BCUT2D eigenvalue weighted by atomic mass is 32.1. The minimum absolute atomic E-state index is 0.0133. The molecule has 1 aliphatic rings. The van der Waals surface area contributed by atoms with Crippen molar-refractivity contribution in [2.24, 2.45) is 5.92 Å². The summed E-state index contributed by atoms with van der Waals surface area (Å²) in [6.07, 6.45) is 0.214. The van der Waals surface area contributed by atoms with Gasteiger partial charge in [0.05, 0.1) is 11.5 Å². The van der Waals surface area contributed by atoms with Gasteiger partial charge in [-0.05, 0) is 17.0 Å². The number of thiophene rings is 1. The number of nitrogens with one attached hydrogen (secondary N) is 1. The van der Waals surface area contributed by atoms with Crippen LogP contribution in [0.4, 0.5) is 5.00 Å². The number of amides is 2. The summed E-state index contributed by atoms with van der Waals surface area (Å²) < 4.78 is 0. The first-order valence-electron chi connectivity index (χ1n) is 7.27. The Morgan fingerprint density at radius 2 is 2.13 bits per heavy atom. The maximum atomic E-state index is 12.3. The summed E-state index contributed by atoms with van der Waals surface area (Å²) in [4.78, 5) is 26.2. The van der Waals surface area contributed by atoms with Crippen molar-refractivity contribution < 1.29 is 9.59 Å². The van der Waals surface area contributed by atoms with Crippen LogP contribution in [0.5, 0.6) is 0 Å². The zero-order valence-electron chi connectivity index (χ0n) is 12.4. The van der Waals surface area contributed by atoms with E-state index in [1.807, 2.05) is 36.4 Å². The summed E-state index contributed by atoms with van der Waals surface area (Å²) in [7, 11) is 0. The highest BCUT2D eigenvalue weighted by molar-refractivity contribution is 7.14. The van der Waals surface area contributed by atoms with Gasteiger partial charge in [0.15, 0.2) is 0 Å². The van der Waals surface area contributed by atoms with Crippen LogP contribution in [0.25, 0.3) is 0 Å². The molecule has 5 nitrogen and oxygen atoms in total. The molecule has 0 bridgehead atoms. The van der Waals surface area contributed by atoms with Crippen molar-refractivity contribution in [3.05, 3.63) is 52.9 Å². The minimum atomic E-state index is -0.375. The number of rotatable bonds is 4. The topological polar surface area (TPSA) is 73.2 Å². The molecule has 1 aromatic heterocycles. The average molecular weight is 325 g/mol. The molecule has 1 N–H and O–H groups in total. The maximum absolute atomic E-state index is 12.3. The largest absolute Gasteiger partial charge is 0.338 e. The molecule has 1 fully saturated rings. The van der Waals surface area contributed by atoms with Crippen molar-refractivity contribution in [2.75, 3.05) is 11.9 Å². The summed E-state index contributed by atoms with van der Waals surface area (Å²) in [5, 5.41) is 14.1. The fraction of sp³-hybridized carbons (Fsp3) is 0.235. The summed E-state index contributed by atoms with van der Waals surface area (Å²) >= 11 is 1.31. The second kappa shape index (κ2) is 6.63. The van der Waals surface area contributed by atoms with Crippen LogP contribution in [0.2, 0.25) is 0 Å². The lowest BCUT2D eigenvalue weighted by Crippen LogP contribution is -2.28. The van der Waals surface area contributed by atoms with E-state index < -0.39 is 0 Å². The van der Waals surface area contributed by atoms with Crippen molar-refractivity contribution in [2.45, 2.75) is 13.0 Å². The van der Waals surface area contributed by atoms with Crippen LogP contribution in [0, 0.1) is 17.2 Å². The fourth-order valence-electron chi connectivity index (χ4n) is 2.61. The van der Waals surface area contributed by atoms with Gasteiger partial charge in [-0.1, -0.05) is 30.3 Å². The van der Waals surface area contributed by atoms with Gasteiger partial charge < -0.3 is 10.2 Å². The molecule has 1 aliphatic heterocycles. The smallest absolute Gasteiger partial charge is 0.230 e. The van der Waals surface area contributed by atoms with Gasteiger partial charge in [-0.25, -0.2) is 0 Å². The van der Waals surface area contributed by atoms with Crippen LogP contribution in [0.1, 0.15) is 17.5 Å². The molecular formula is C17H15N3O2S. The summed E-state index contributed by atoms with van der Waals surface area (Å²) in [6, 6.07) is 13.4. The second-order valence-electron chi connectivity index (χ2n) is 5.43. The zero-order valence-corrected chi connectivity index (χ0v) is 13.2. The first kappa shape index (κ1) is 15.3. The highest BCUT2D eigenvalue weighted by Crippen LogP contribution is 2.26. The number of nitriles is 1. The van der Waals surface area contributed by atoms with Crippen LogP contribution >= 0.6 is 11.3 Å². The Kier molecular flexibility index (Phi) is 4.40. The number of likely N-dealkylation sites (tertiary alicyclic amines) is 1. The van der Waals surface area contributed by atoms with E-state index in [4.69, 9.17) is 5.26 Å². The van der Waals surface area contributed by atoms with Gasteiger partial charge in [0, 0.05) is 19.5 Å². The molecule has 6 heteroatoms. The Labute approximate surface area is 138 Å². The zero-order chi connectivity index (χ0) is 16.2. The van der Waals surface area contributed by atoms with Crippen LogP contribution in [-0.4, -0.2) is 23.3 Å². The molecule has 1 aromatic carbocycles. The van der Waals surface area contributed by atoms with E-state index in [1.54, 1.807) is 16.3 Å². The molecule has 1 atom stereocenters. The van der Waals surface area contributed by atoms with E-state index >= 15 is 0 Å². The maximum Gasteiger partial charge on any atom is 0.230 e. The molecule has 0 aliphatic carbocycles. The van der Waals surface area contributed by atoms with E-state index in [0.29, 0.717) is 23.7 Å². The Morgan fingerprint density at radius 1 is 1.35 bits per heavy atom. The SMILES string of the molecule is N#Cc1ccsc1NC(=O)[C@@H]1CC(=O)N(Cc2ccccc2)C1. The van der Waals surface area contributed by atoms with Gasteiger partial charge in [0.1, 0.15) is 11.1 Å². The summed E-state index contributed by atoms with van der Waals surface area (Å²) in [5.41, 5.74) is 1.50. The standard InChI is InChI=1S/C17H15N3O2S/c18-9-13-6-7-23-17(13)19-16(22)14-8-15(21)20(11-14)10-12-4-2-1-3-5-12/h1-7,14H,8,10-11H2,(H,19,22)/t14-/m1/s1. The third-order valence-corrected chi connectivity index (χ3v) is 4.65. The van der Waals surface area contributed by atoms with Crippen LogP contribution < -0.4 is 5.32 Å². The summed E-state index contributed by atoms with van der Waals surface area (Å²) in [5.74, 6) is -0.589. The molecular weight excluding hydrogens is 310 g/mol. The monoisotopic (exact) mass is 325 g/mol. The predicted octanol–water partition coefficient (Wildman–Crippen LogP) is 2.61. The van der Waals surface area contributed by atoms with Crippen LogP contribution in [0.3, 0.4) is 0 Å². The molecule has 0 spiro atoms. The molecule has 23 heavy (non-hydrogen) atoms. The molecule has 2 amide bonds. The van der Waals surface area contributed by atoms with E-state index in [2.05, 4.69) is 5.32 Å². The Morgan fingerprint density at radius 3 is 2.87 bits per heavy atom.